The number of nitrogens with one attached hydrogen (secondary N) is 1. The van der Waals surface area contributed by atoms with E-state index in [1.807, 2.05) is 13.8 Å². The second-order valence-electron chi connectivity index (χ2n) is 6.55. The number of carbonyl (C=O) groups is 2. The summed E-state index contributed by atoms with van der Waals surface area (Å²) in [6.07, 6.45) is 1.68. The fourth-order valence-corrected chi connectivity index (χ4v) is 2.68. The standard InChI is InChI=1S/C22H25NO7/c1-3-9-26-17-7-5-15(11-19(17)27-10-4-2)22(25)28-13-21(24)23-16-6-8-18-20(12-16)30-14-29-18/h5-8,11-12H,3-4,9-10,13-14H2,1-2H3,(H,23,24). The number of rotatable bonds is 10. The molecule has 1 N–H and O–H groups in total. The van der Waals surface area contributed by atoms with E-state index in [0.29, 0.717) is 41.9 Å². The lowest BCUT2D eigenvalue weighted by Gasteiger charge is -2.13. The second-order valence-corrected chi connectivity index (χ2v) is 6.55. The molecule has 30 heavy (non-hydrogen) atoms. The summed E-state index contributed by atoms with van der Waals surface area (Å²) in [5, 5.41) is 2.65. The molecule has 1 heterocycles. The van der Waals surface area contributed by atoms with E-state index in [4.69, 9.17) is 23.7 Å². The Kier molecular flexibility index (Phi) is 7.37. The van der Waals surface area contributed by atoms with Crippen LogP contribution < -0.4 is 24.3 Å². The molecule has 0 radical (unpaired) electrons. The highest BCUT2D eigenvalue weighted by Gasteiger charge is 2.16. The van der Waals surface area contributed by atoms with Crippen molar-refractivity contribution in [2.75, 3.05) is 31.9 Å². The summed E-state index contributed by atoms with van der Waals surface area (Å²) in [5.41, 5.74) is 0.800. The number of hydrogen-bond acceptors (Lipinski definition) is 7. The van der Waals surface area contributed by atoms with Crippen LogP contribution in [0.25, 0.3) is 0 Å². The molecule has 3 rings (SSSR count). The lowest BCUT2D eigenvalue weighted by Crippen LogP contribution is -2.21. The molecule has 1 aliphatic heterocycles. The highest BCUT2D eigenvalue weighted by molar-refractivity contribution is 5.96. The maximum atomic E-state index is 12.4. The molecular formula is C22H25NO7. The van der Waals surface area contributed by atoms with Gasteiger partial charge in [-0.25, -0.2) is 4.79 Å². The molecule has 0 aromatic heterocycles. The van der Waals surface area contributed by atoms with Crippen LogP contribution in [0.15, 0.2) is 36.4 Å². The molecule has 0 saturated carbocycles. The molecule has 8 nitrogen and oxygen atoms in total. The Labute approximate surface area is 175 Å². The second kappa shape index (κ2) is 10.4. The normalized spacial score (nSPS) is 11.7. The molecule has 0 fully saturated rings. The zero-order chi connectivity index (χ0) is 21.3. The van der Waals surface area contributed by atoms with Gasteiger partial charge in [-0.1, -0.05) is 13.8 Å². The van der Waals surface area contributed by atoms with Crippen molar-refractivity contribution in [2.45, 2.75) is 26.7 Å². The molecule has 1 amide bonds. The summed E-state index contributed by atoms with van der Waals surface area (Å²) in [6, 6.07) is 9.85. The Balaban J connectivity index is 1.57. The van der Waals surface area contributed by atoms with Crippen molar-refractivity contribution < 1.29 is 33.3 Å². The third-order valence-corrected chi connectivity index (χ3v) is 4.09. The van der Waals surface area contributed by atoms with Crippen LogP contribution in [-0.4, -0.2) is 38.5 Å². The predicted octanol–water partition coefficient (Wildman–Crippen LogP) is 3.79. The van der Waals surface area contributed by atoms with Gasteiger partial charge in [0, 0.05) is 11.8 Å². The lowest BCUT2D eigenvalue weighted by atomic mass is 10.2. The molecule has 1 aliphatic rings. The van der Waals surface area contributed by atoms with Crippen molar-refractivity contribution in [3.63, 3.8) is 0 Å². The van der Waals surface area contributed by atoms with E-state index in [9.17, 15) is 9.59 Å². The van der Waals surface area contributed by atoms with E-state index in [-0.39, 0.29) is 12.4 Å². The van der Waals surface area contributed by atoms with Crippen molar-refractivity contribution in [2.24, 2.45) is 0 Å². The number of esters is 1. The number of hydrogen-bond donors (Lipinski definition) is 1. The van der Waals surface area contributed by atoms with Crippen LogP contribution in [0, 0.1) is 0 Å². The lowest BCUT2D eigenvalue weighted by molar-refractivity contribution is -0.119. The molecule has 0 spiro atoms. The van der Waals surface area contributed by atoms with Crippen LogP contribution in [0.5, 0.6) is 23.0 Å². The average molecular weight is 415 g/mol. The minimum atomic E-state index is -0.626. The smallest absolute Gasteiger partial charge is 0.338 e. The molecule has 0 aliphatic carbocycles. The van der Waals surface area contributed by atoms with Crippen LogP contribution in [0.2, 0.25) is 0 Å². The Morgan fingerprint density at radius 1 is 0.933 bits per heavy atom. The minimum absolute atomic E-state index is 0.149. The average Bonchev–Trinajstić information content (AvgIpc) is 3.22. The van der Waals surface area contributed by atoms with Gasteiger partial charge in [-0.3, -0.25) is 4.79 Å². The van der Waals surface area contributed by atoms with Gasteiger partial charge in [0.25, 0.3) is 5.91 Å². The van der Waals surface area contributed by atoms with Gasteiger partial charge in [0.1, 0.15) is 0 Å². The number of carbonyl (C=O) groups excluding carboxylic acids is 2. The molecule has 2 aromatic rings. The quantitative estimate of drug-likeness (QED) is 0.590. The van der Waals surface area contributed by atoms with E-state index < -0.39 is 18.5 Å². The van der Waals surface area contributed by atoms with Crippen LogP contribution in [-0.2, 0) is 9.53 Å². The van der Waals surface area contributed by atoms with Crippen LogP contribution in [0.4, 0.5) is 5.69 Å². The fraction of sp³-hybridized carbons (Fsp3) is 0.364. The number of fused-ring (bicyclic) bond motifs is 1. The van der Waals surface area contributed by atoms with Crippen molar-refractivity contribution >= 4 is 17.6 Å². The fourth-order valence-electron chi connectivity index (χ4n) is 2.68. The van der Waals surface area contributed by atoms with Crippen LogP contribution >= 0.6 is 0 Å². The summed E-state index contributed by atoms with van der Waals surface area (Å²) in [4.78, 5) is 24.5. The number of anilines is 1. The van der Waals surface area contributed by atoms with Crippen molar-refractivity contribution in [1.29, 1.82) is 0 Å². The zero-order valence-corrected chi connectivity index (χ0v) is 17.1. The first-order valence-corrected chi connectivity index (χ1v) is 9.87. The predicted molar refractivity (Wildman–Crippen MR) is 109 cm³/mol. The van der Waals surface area contributed by atoms with E-state index in [2.05, 4.69) is 5.32 Å². The SMILES string of the molecule is CCCOc1ccc(C(=O)OCC(=O)Nc2ccc3c(c2)OCO3)cc1OCCC. The van der Waals surface area contributed by atoms with Gasteiger partial charge in [-0.2, -0.15) is 0 Å². The summed E-state index contributed by atoms with van der Waals surface area (Å²) >= 11 is 0. The van der Waals surface area contributed by atoms with E-state index >= 15 is 0 Å². The molecule has 0 saturated heterocycles. The molecule has 160 valence electrons. The highest BCUT2D eigenvalue weighted by atomic mass is 16.7. The largest absolute Gasteiger partial charge is 0.490 e. The zero-order valence-electron chi connectivity index (χ0n) is 17.1. The van der Waals surface area contributed by atoms with Crippen molar-refractivity contribution in [3.8, 4) is 23.0 Å². The van der Waals surface area contributed by atoms with Gasteiger partial charge in [0.15, 0.2) is 29.6 Å². The maximum absolute atomic E-state index is 12.4. The Morgan fingerprint density at radius 3 is 2.43 bits per heavy atom. The van der Waals surface area contributed by atoms with Gasteiger partial charge in [-0.05, 0) is 43.2 Å². The monoisotopic (exact) mass is 415 g/mol. The van der Waals surface area contributed by atoms with Gasteiger partial charge < -0.3 is 29.0 Å². The first-order valence-electron chi connectivity index (χ1n) is 9.87. The van der Waals surface area contributed by atoms with Crippen molar-refractivity contribution in [3.05, 3.63) is 42.0 Å². The summed E-state index contributed by atoms with van der Waals surface area (Å²) in [6.45, 7) is 4.77. The van der Waals surface area contributed by atoms with Gasteiger partial charge in [0.05, 0.1) is 18.8 Å². The van der Waals surface area contributed by atoms with Gasteiger partial charge in [0.2, 0.25) is 6.79 Å². The molecule has 2 aromatic carbocycles. The summed E-state index contributed by atoms with van der Waals surface area (Å²) in [7, 11) is 0. The molecule has 0 bridgehead atoms. The van der Waals surface area contributed by atoms with Crippen LogP contribution in [0.3, 0.4) is 0 Å². The maximum Gasteiger partial charge on any atom is 0.338 e. The molecule has 0 unspecified atom stereocenters. The van der Waals surface area contributed by atoms with Crippen LogP contribution in [0.1, 0.15) is 37.0 Å². The van der Waals surface area contributed by atoms with Gasteiger partial charge >= 0.3 is 5.97 Å². The first-order chi connectivity index (χ1) is 14.6. The Hall–Kier alpha value is -3.42. The molecular weight excluding hydrogens is 390 g/mol. The number of benzene rings is 2. The third kappa shape index (κ3) is 5.56. The van der Waals surface area contributed by atoms with E-state index in [1.54, 1.807) is 36.4 Å². The summed E-state index contributed by atoms with van der Waals surface area (Å²) < 4.78 is 27.0. The topological polar surface area (TPSA) is 92.3 Å². The van der Waals surface area contributed by atoms with Gasteiger partial charge in [-0.15, -0.1) is 0 Å². The first kappa shape index (κ1) is 21.3. The minimum Gasteiger partial charge on any atom is -0.490 e. The van der Waals surface area contributed by atoms with E-state index in [1.165, 1.54) is 0 Å². The Morgan fingerprint density at radius 2 is 1.67 bits per heavy atom. The highest BCUT2D eigenvalue weighted by Crippen LogP contribution is 2.34. The molecule has 8 heteroatoms. The third-order valence-electron chi connectivity index (χ3n) is 4.09. The Bertz CT molecular complexity index is 897. The summed E-state index contributed by atoms with van der Waals surface area (Å²) in [5.74, 6) is 1.13. The number of ether oxygens (including phenoxy) is 5. The van der Waals surface area contributed by atoms with Crippen molar-refractivity contribution in [1.82, 2.24) is 0 Å². The molecule has 0 atom stereocenters. The van der Waals surface area contributed by atoms with E-state index in [0.717, 1.165) is 12.8 Å². The number of amides is 1.